The van der Waals surface area contributed by atoms with Crippen LogP contribution in [0.5, 0.6) is 5.75 Å². The monoisotopic (exact) mass is 338 g/mol. The molecule has 2 amide bonds. The smallest absolute Gasteiger partial charge is 0.262 e. The van der Waals surface area contributed by atoms with Crippen LogP contribution in [-0.4, -0.2) is 27.8 Å². The minimum atomic E-state index is -0.280. The van der Waals surface area contributed by atoms with Crippen molar-refractivity contribution >= 4 is 28.8 Å². The van der Waals surface area contributed by atoms with Gasteiger partial charge in [-0.05, 0) is 43.3 Å². The Morgan fingerprint density at radius 3 is 2.48 bits per heavy atom. The molecule has 0 atom stereocenters. The number of benzene rings is 1. The number of fused-ring (bicyclic) bond motifs is 1. The summed E-state index contributed by atoms with van der Waals surface area (Å²) in [5.41, 5.74) is 2.84. The zero-order valence-corrected chi connectivity index (χ0v) is 13.9. The summed E-state index contributed by atoms with van der Waals surface area (Å²) in [6.45, 7) is 3.21. The first-order chi connectivity index (χ1) is 12.0. The lowest BCUT2D eigenvalue weighted by Crippen LogP contribution is -2.20. The molecule has 0 aliphatic carbocycles. The number of rotatable bonds is 5. The Morgan fingerprint density at radius 1 is 1.12 bits per heavy atom. The molecule has 0 radical (unpaired) electrons. The van der Waals surface area contributed by atoms with Crippen LogP contribution in [0, 0.1) is 6.92 Å². The standard InChI is InChI=1S/C18H18N4O3/c1-12-10-22-9-3-4-16(18(22)19-12)25-11-17(24)21-15-7-5-14(6-8-15)20-13(2)23/h3-10H,11H2,1-2H3,(H,20,23)(H,21,24). The van der Waals surface area contributed by atoms with Crippen molar-refractivity contribution < 1.29 is 14.3 Å². The van der Waals surface area contributed by atoms with Gasteiger partial charge < -0.3 is 19.8 Å². The molecule has 1 aromatic carbocycles. The highest BCUT2D eigenvalue weighted by molar-refractivity contribution is 5.93. The molecule has 2 heterocycles. The quantitative estimate of drug-likeness (QED) is 0.749. The van der Waals surface area contributed by atoms with Gasteiger partial charge in [-0.3, -0.25) is 9.59 Å². The summed E-state index contributed by atoms with van der Waals surface area (Å²) in [4.78, 5) is 27.4. The summed E-state index contributed by atoms with van der Waals surface area (Å²) in [7, 11) is 0. The van der Waals surface area contributed by atoms with Gasteiger partial charge in [0.25, 0.3) is 5.91 Å². The fourth-order valence-corrected chi connectivity index (χ4v) is 2.40. The summed E-state index contributed by atoms with van der Waals surface area (Å²) in [5.74, 6) is 0.123. The topological polar surface area (TPSA) is 84.7 Å². The maximum atomic E-state index is 12.1. The second-order valence-electron chi connectivity index (χ2n) is 5.58. The largest absolute Gasteiger partial charge is 0.480 e. The average Bonchev–Trinajstić information content (AvgIpc) is 2.95. The predicted octanol–water partition coefficient (Wildman–Crippen LogP) is 2.62. The second-order valence-corrected chi connectivity index (χ2v) is 5.58. The lowest BCUT2D eigenvalue weighted by atomic mass is 10.2. The van der Waals surface area contributed by atoms with Crippen LogP contribution in [-0.2, 0) is 9.59 Å². The zero-order chi connectivity index (χ0) is 17.8. The minimum Gasteiger partial charge on any atom is -0.480 e. The van der Waals surface area contributed by atoms with E-state index in [4.69, 9.17) is 4.74 Å². The van der Waals surface area contributed by atoms with E-state index in [0.29, 0.717) is 22.8 Å². The van der Waals surface area contributed by atoms with Gasteiger partial charge in [0.2, 0.25) is 5.91 Å². The number of ether oxygens (including phenoxy) is 1. The Balaban J connectivity index is 1.60. The zero-order valence-electron chi connectivity index (χ0n) is 13.9. The van der Waals surface area contributed by atoms with E-state index in [2.05, 4.69) is 15.6 Å². The fraction of sp³-hybridized carbons (Fsp3) is 0.167. The van der Waals surface area contributed by atoms with Crippen molar-refractivity contribution in [2.75, 3.05) is 17.2 Å². The van der Waals surface area contributed by atoms with Gasteiger partial charge in [-0.2, -0.15) is 0 Å². The van der Waals surface area contributed by atoms with Crippen LogP contribution in [0.4, 0.5) is 11.4 Å². The summed E-state index contributed by atoms with van der Waals surface area (Å²) in [5, 5.41) is 5.41. The maximum absolute atomic E-state index is 12.1. The van der Waals surface area contributed by atoms with Gasteiger partial charge in [0.1, 0.15) is 0 Å². The third-order valence-corrected chi connectivity index (χ3v) is 3.42. The molecule has 0 unspecified atom stereocenters. The van der Waals surface area contributed by atoms with Crippen molar-refractivity contribution in [1.29, 1.82) is 0 Å². The molecular formula is C18H18N4O3. The Labute approximate surface area is 144 Å². The number of aromatic nitrogens is 2. The second kappa shape index (κ2) is 7.04. The molecule has 0 saturated heterocycles. The number of carbonyl (C=O) groups excluding carboxylic acids is 2. The fourth-order valence-electron chi connectivity index (χ4n) is 2.40. The molecule has 2 aromatic heterocycles. The number of hydrogen-bond donors (Lipinski definition) is 2. The molecule has 0 spiro atoms. The molecule has 7 heteroatoms. The van der Waals surface area contributed by atoms with Crippen molar-refractivity contribution in [3.05, 3.63) is 54.5 Å². The van der Waals surface area contributed by atoms with Crippen molar-refractivity contribution in [3.63, 3.8) is 0 Å². The maximum Gasteiger partial charge on any atom is 0.262 e. The Kier molecular flexibility index (Phi) is 4.65. The molecule has 7 nitrogen and oxygen atoms in total. The van der Waals surface area contributed by atoms with Crippen LogP contribution in [0.1, 0.15) is 12.6 Å². The van der Waals surface area contributed by atoms with E-state index in [1.165, 1.54) is 6.92 Å². The number of anilines is 2. The molecule has 128 valence electrons. The molecular weight excluding hydrogens is 320 g/mol. The van der Waals surface area contributed by atoms with Gasteiger partial charge in [-0.1, -0.05) is 0 Å². The van der Waals surface area contributed by atoms with Crippen molar-refractivity contribution in [1.82, 2.24) is 9.38 Å². The Hall–Kier alpha value is -3.35. The number of pyridine rings is 1. The number of carbonyl (C=O) groups is 2. The number of nitrogens with one attached hydrogen (secondary N) is 2. The molecule has 0 aliphatic heterocycles. The predicted molar refractivity (Wildman–Crippen MR) is 94.8 cm³/mol. The van der Waals surface area contributed by atoms with E-state index in [1.807, 2.05) is 29.8 Å². The molecule has 3 rings (SSSR count). The van der Waals surface area contributed by atoms with E-state index in [1.54, 1.807) is 30.3 Å². The number of nitrogens with zero attached hydrogens (tertiary/aromatic N) is 2. The normalized spacial score (nSPS) is 10.5. The SMILES string of the molecule is CC(=O)Nc1ccc(NC(=O)COc2cccn3cc(C)nc23)cc1. The van der Waals surface area contributed by atoms with Gasteiger partial charge in [0.05, 0.1) is 5.69 Å². The number of amides is 2. The molecule has 0 aliphatic rings. The van der Waals surface area contributed by atoms with Crippen LogP contribution in [0.3, 0.4) is 0 Å². The summed E-state index contributed by atoms with van der Waals surface area (Å²) in [6.07, 6.45) is 3.76. The van der Waals surface area contributed by atoms with Crippen molar-refractivity contribution in [2.24, 2.45) is 0 Å². The number of hydrogen-bond acceptors (Lipinski definition) is 4. The lowest BCUT2D eigenvalue weighted by molar-refractivity contribution is -0.118. The molecule has 2 N–H and O–H groups in total. The third kappa shape index (κ3) is 4.14. The molecule has 0 saturated carbocycles. The average molecular weight is 338 g/mol. The third-order valence-electron chi connectivity index (χ3n) is 3.42. The van der Waals surface area contributed by atoms with E-state index in [9.17, 15) is 9.59 Å². The van der Waals surface area contributed by atoms with Gasteiger partial charge in [-0.25, -0.2) is 4.98 Å². The highest BCUT2D eigenvalue weighted by atomic mass is 16.5. The van der Waals surface area contributed by atoms with E-state index >= 15 is 0 Å². The number of aryl methyl sites for hydroxylation is 1. The highest BCUT2D eigenvalue weighted by Crippen LogP contribution is 2.19. The van der Waals surface area contributed by atoms with E-state index in [-0.39, 0.29) is 18.4 Å². The van der Waals surface area contributed by atoms with Crippen LogP contribution < -0.4 is 15.4 Å². The van der Waals surface area contributed by atoms with Gasteiger partial charge in [0, 0.05) is 30.7 Å². The lowest BCUT2D eigenvalue weighted by Gasteiger charge is -2.09. The van der Waals surface area contributed by atoms with Gasteiger partial charge in [-0.15, -0.1) is 0 Å². The van der Waals surface area contributed by atoms with E-state index < -0.39 is 0 Å². The van der Waals surface area contributed by atoms with Gasteiger partial charge >= 0.3 is 0 Å². The molecule has 25 heavy (non-hydrogen) atoms. The Bertz CT molecular complexity index is 916. The molecule has 3 aromatic rings. The van der Waals surface area contributed by atoms with Crippen molar-refractivity contribution in [2.45, 2.75) is 13.8 Å². The molecule has 0 bridgehead atoms. The first-order valence-electron chi connectivity index (χ1n) is 7.76. The summed E-state index contributed by atoms with van der Waals surface area (Å²) >= 11 is 0. The number of imidazole rings is 1. The first kappa shape index (κ1) is 16.5. The first-order valence-corrected chi connectivity index (χ1v) is 7.76. The van der Waals surface area contributed by atoms with Crippen LogP contribution in [0.25, 0.3) is 5.65 Å². The van der Waals surface area contributed by atoms with Gasteiger partial charge in [0.15, 0.2) is 18.0 Å². The van der Waals surface area contributed by atoms with E-state index in [0.717, 1.165) is 5.69 Å². The highest BCUT2D eigenvalue weighted by Gasteiger charge is 2.08. The Morgan fingerprint density at radius 2 is 1.80 bits per heavy atom. The van der Waals surface area contributed by atoms with Crippen LogP contribution in [0.15, 0.2) is 48.8 Å². The van der Waals surface area contributed by atoms with Crippen LogP contribution in [0.2, 0.25) is 0 Å². The van der Waals surface area contributed by atoms with Crippen LogP contribution >= 0.6 is 0 Å². The van der Waals surface area contributed by atoms with Crippen molar-refractivity contribution in [3.8, 4) is 5.75 Å². The molecule has 0 fully saturated rings. The summed E-state index contributed by atoms with van der Waals surface area (Å²) in [6, 6.07) is 10.5. The minimum absolute atomic E-state index is 0.126. The summed E-state index contributed by atoms with van der Waals surface area (Å²) < 4.78 is 7.44.